The van der Waals surface area contributed by atoms with E-state index in [1.54, 1.807) is 12.3 Å². The molecule has 0 unspecified atom stereocenters. The van der Waals surface area contributed by atoms with Crippen LogP contribution in [0.1, 0.15) is 27.9 Å². The first kappa shape index (κ1) is 13.6. The molecule has 2 aromatic rings. The van der Waals surface area contributed by atoms with Crippen molar-refractivity contribution in [2.24, 2.45) is 0 Å². The summed E-state index contributed by atoms with van der Waals surface area (Å²) in [5, 5.41) is 0. The van der Waals surface area contributed by atoms with E-state index in [-0.39, 0.29) is 5.91 Å². The number of rotatable bonds is 2. The van der Waals surface area contributed by atoms with E-state index in [4.69, 9.17) is 4.42 Å². The number of hydrogen-bond donors (Lipinski definition) is 0. The van der Waals surface area contributed by atoms with Crippen LogP contribution in [-0.4, -0.2) is 41.4 Å². The summed E-state index contributed by atoms with van der Waals surface area (Å²) in [7, 11) is 0. The molecule has 4 rings (SSSR count). The summed E-state index contributed by atoms with van der Waals surface area (Å²) in [6.45, 7) is 3.77. The number of amides is 1. The van der Waals surface area contributed by atoms with Crippen molar-refractivity contribution in [3.8, 4) is 0 Å². The highest BCUT2D eigenvalue weighted by Crippen LogP contribution is 2.25. The molecule has 1 aromatic carbocycles. The Morgan fingerprint density at radius 2 is 2.00 bits per heavy atom. The monoisotopic (exact) mass is 296 g/mol. The van der Waals surface area contributed by atoms with Crippen LogP contribution >= 0.6 is 0 Å². The summed E-state index contributed by atoms with van der Waals surface area (Å²) in [6, 6.07) is 10.9. The largest absolute Gasteiger partial charge is 0.472 e. The quantitative estimate of drug-likeness (QED) is 0.854. The van der Waals surface area contributed by atoms with Crippen molar-refractivity contribution in [2.45, 2.75) is 25.4 Å². The van der Waals surface area contributed by atoms with E-state index in [1.165, 1.54) is 17.4 Å². The van der Waals surface area contributed by atoms with Crippen LogP contribution in [0.4, 0.5) is 0 Å². The van der Waals surface area contributed by atoms with Crippen molar-refractivity contribution in [3.05, 3.63) is 59.5 Å². The third kappa shape index (κ3) is 2.44. The van der Waals surface area contributed by atoms with E-state index in [0.29, 0.717) is 11.6 Å². The van der Waals surface area contributed by atoms with Crippen molar-refractivity contribution in [2.75, 3.05) is 19.6 Å². The van der Waals surface area contributed by atoms with Gasteiger partial charge in [-0.05, 0) is 30.0 Å². The molecule has 0 saturated carbocycles. The first-order valence-electron chi connectivity index (χ1n) is 7.93. The number of nitrogens with zero attached hydrogens (tertiary/aromatic N) is 2. The SMILES string of the molecule is O=C(c1ccoc1)N1CC[C@H](N2CCc3ccccc3C2)C1. The molecule has 22 heavy (non-hydrogen) atoms. The summed E-state index contributed by atoms with van der Waals surface area (Å²) in [5.41, 5.74) is 3.57. The highest BCUT2D eigenvalue weighted by Gasteiger charge is 2.32. The minimum atomic E-state index is 0.0914. The lowest BCUT2D eigenvalue weighted by molar-refractivity contribution is 0.0772. The fraction of sp³-hybridized carbons (Fsp3) is 0.389. The molecule has 0 bridgehead atoms. The van der Waals surface area contributed by atoms with Gasteiger partial charge in [0.15, 0.2) is 0 Å². The Kier molecular flexibility index (Phi) is 3.47. The van der Waals surface area contributed by atoms with Crippen molar-refractivity contribution in [3.63, 3.8) is 0 Å². The van der Waals surface area contributed by atoms with Gasteiger partial charge in [-0.1, -0.05) is 24.3 Å². The molecule has 1 atom stereocenters. The van der Waals surface area contributed by atoms with Crippen LogP contribution in [0.2, 0.25) is 0 Å². The number of hydrogen-bond acceptors (Lipinski definition) is 3. The minimum absolute atomic E-state index is 0.0914. The van der Waals surface area contributed by atoms with Crippen molar-refractivity contribution < 1.29 is 9.21 Å². The topological polar surface area (TPSA) is 36.7 Å². The Balaban J connectivity index is 1.42. The molecule has 0 aliphatic carbocycles. The average Bonchev–Trinajstić information content (AvgIpc) is 3.25. The van der Waals surface area contributed by atoms with Crippen LogP contribution in [0.15, 0.2) is 47.3 Å². The Morgan fingerprint density at radius 1 is 1.14 bits per heavy atom. The molecule has 0 radical (unpaired) electrons. The number of carbonyl (C=O) groups excluding carboxylic acids is 1. The Hall–Kier alpha value is -2.07. The third-order valence-electron chi connectivity index (χ3n) is 4.90. The van der Waals surface area contributed by atoms with Crippen LogP contribution in [0.25, 0.3) is 0 Å². The van der Waals surface area contributed by atoms with E-state index in [2.05, 4.69) is 29.2 Å². The summed E-state index contributed by atoms with van der Waals surface area (Å²) in [4.78, 5) is 16.9. The zero-order chi connectivity index (χ0) is 14.9. The van der Waals surface area contributed by atoms with Crippen molar-refractivity contribution >= 4 is 5.91 Å². The molecule has 2 aliphatic rings. The van der Waals surface area contributed by atoms with Gasteiger partial charge in [0.2, 0.25) is 0 Å². The van der Waals surface area contributed by atoms with Gasteiger partial charge >= 0.3 is 0 Å². The second kappa shape index (κ2) is 5.61. The van der Waals surface area contributed by atoms with Crippen LogP contribution < -0.4 is 0 Å². The van der Waals surface area contributed by atoms with Crippen molar-refractivity contribution in [1.29, 1.82) is 0 Å². The minimum Gasteiger partial charge on any atom is -0.472 e. The fourth-order valence-electron chi connectivity index (χ4n) is 3.62. The zero-order valence-electron chi connectivity index (χ0n) is 12.6. The van der Waals surface area contributed by atoms with E-state index < -0.39 is 0 Å². The van der Waals surface area contributed by atoms with E-state index >= 15 is 0 Å². The molecule has 2 aliphatic heterocycles. The average molecular weight is 296 g/mol. The second-order valence-corrected chi connectivity index (χ2v) is 6.19. The Bertz CT molecular complexity index is 665. The maximum atomic E-state index is 12.4. The third-order valence-corrected chi connectivity index (χ3v) is 4.90. The normalized spacial score (nSPS) is 21.8. The van der Waals surface area contributed by atoms with Gasteiger partial charge in [0, 0.05) is 32.2 Å². The maximum Gasteiger partial charge on any atom is 0.257 e. The lowest BCUT2D eigenvalue weighted by atomic mass is 9.98. The first-order chi connectivity index (χ1) is 10.8. The maximum absolute atomic E-state index is 12.4. The number of fused-ring (bicyclic) bond motifs is 1. The molecular weight excluding hydrogens is 276 g/mol. The van der Waals surface area contributed by atoms with Gasteiger partial charge in [-0.3, -0.25) is 9.69 Å². The van der Waals surface area contributed by atoms with Gasteiger partial charge in [0.1, 0.15) is 6.26 Å². The molecule has 1 saturated heterocycles. The van der Waals surface area contributed by atoms with Crippen LogP contribution in [0.5, 0.6) is 0 Å². The van der Waals surface area contributed by atoms with Crippen LogP contribution in [0.3, 0.4) is 0 Å². The zero-order valence-corrected chi connectivity index (χ0v) is 12.6. The van der Waals surface area contributed by atoms with Gasteiger partial charge in [-0.2, -0.15) is 0 Å². The molecular formula is C18H20N2O2. The highest BCUT2D eigenvalue weighted by atomic mass is 16.3. The molecule has 4 heteroatoms. The molecule has 4 nitrogen and oxygen atoms in total. The summed E-state index contributed by atoms with van der Waals surface area (Å²) < 4.78 is 5.02. The van der Waals surface area contributed by atoms with E-state index in [9.17, 15) is 4.79 Å². The predicted octanol–water partition coefficient (Wildman–Crippen LogP) is 2.55. The van der Waals surface area contributed by atoms with Crippen molar-refractivity contribution in [1.82, 2.24) is 9.80 Å². The van der Waals surface area contributed by atoms with Gasteiger partial charge in [0.25, 0.3) is 5.91 Å². The lowest BCUT2D eigenvalue weighted by Crippen LogP contribution is -2.41. The molecule has 0 spiro atoms. The van der Waals surface area contributed by atoms with E-state index in [0.717, 1.165) is 39.0 Å². The van der Waals surface area contributed by atoms with Crippen LogP contribution in [-0.2, 0) is 13.0 Å². The second-order valence-electron chi connectivity index (χ2n) is 6.19. The Morgan fingerprint density at radius 3 is 2.82 bits per heavy atom. The van der Waals surface area contributed by atoms with Gasteiger partial charge in [-0.25, -0.2) is 0 Å². The first-order valence-corrected chi connectivity index (χ1v) is 7.93. The highest BCUT2D eigenvalue weighted by molar-refractivity contribution is 5.94. The number of furan rings is 1. The summed E-state index contributed by atoms with van der Waals surface area (Å²) in [6.07, 6.45) is 5.27. The number of benzene rings is 1. The lowest BCUT2D eigenvalue weighted by Gasteiger charge is -2.33. The molecule has 3 heterocycles. The summed E-state index contributed by atoms with van der Waals surface area (Å²) in [5.74, 6) is 0.0914. The molecule has 1 amide bonds. The molecule has 114 valence electrons. The van der Waals surface area contributed by atoms with Crippen LogP contribution in [0, 0.1) is 0 Å². The number of likely N-dealkylation sites (tertiary alicyclic amines) is 1. The summed E-state index contributed by atoms with van der Waals surface area (Å²) >= 11 is 0. The molecule has 1 aromatic heterocycles. The van der Waals surface area contributed by atoms with Gasteiger partial charge < -0.3 is 9.32 Å². The predicted molar refractivity (Wildman–Crippen MR) is 83.6 cm³/mol. The fourth-order valence-corrected chi connectivity index (χ4v) is 3.62. The number of carbonyl (C=O) groups is 1. The Labute approximate surface area is 130 Å². The molecule has 0 N–H and O–H groups in total. The standard InChI is InChI=1S/C18H20N2O2/c21-18(16-7-10-22-13-16)20-9-6-17(12-20)19-8-5-14-3-1-2-4-15(14)11-19/h1-4,7,10,13,17H,5-6,8-9,11-12H2/t17-/m0/s1. The van der Waals surface area contributed by atoms with Gasteiger partial charge in [-0.15, -0.1) is 0 Å². The molecule has 1 fully saturated rings. The smallest absolute Gasteiger partial charge is 0.257 e. The van der Waals surface area contributed by atoms with Gasteiger partial charge in [0.05, 0.1) is 11.8 Å². The van der Waals surface area contributed by atoms with E-state index in [1.807, 2.05) is 4.90 Å².